The zero-order valence-electron chi connectivity index (χ0n) is 10.3. The highest BCUT2D eigenvalue weighted by molar-refractivity contribution is 7.80. The number of hydrogen-bond donors (Lipinski definition) is 8. The Labute approximate surface area is 126 Å². The van der Waals surface area contributed by atoms with Crippen molar-refractivity contribution in [1.82, 2.24) is 0 Å². The topological polar surface area (TPSA) is 182 Å². The molecule has 0 aliphatic carbocycles. The molecule has 0 spiro atoms. The summed E-state index contributed by atoms with van der Waals surface area (Å²) in [4.78, 5) is 19.7. The van der Waals surface area contributed by atoms with Gasteiger partial charge in [-0.2, -0.15) is 12.6 Å². The third kappa shape index (κ3) is 10.3. The van der Waals surface area contributed by atoms with Crippen molar-refractivity contribution in [3.8, 4) is 0 Å². The van der Waals surface area contributed by atoms with Gasteiger partial charge in [0.15, 0.2) is 6.29 Å². The van der Waals surface area contributed by atoms with Crippen molar-refractivity contribution in [1.29, 1.82) is 0 Å². The molecule has 122 valence electrons. The molecule has 0 aromatic heterocycles. The van der Waals surface area contributed by atoms with E-state index in [-0.39, 0.29) is 24.4 Å². The monoisotopic (exact) mass is 337 g/mol. The third-order valence-electron chi connectivity index (χ3n) is 1.93. The number of nitrogens with two attached hydrogens (primary N) is 1. The Balaban J connectivity index is -0.000000312. The molecule has 0 fully saturated rings. The lowest BCUT2D eigenvalue weighted by atomic mass is 10.0. The smallest absolute Gasteiger partial charge is 0.321 e. The van der Waals surface area contributed by atoms with E-state index in [1.54, 1.807) is 0 Å². The van der Waals surface area contributed by atoms with Gasteiger partial charge in [-0.3, -0.25) is 4.79 Å². The van der Waals surface area contributed by atoms with Crippen molar-refractivity contribution < 1.29 is 40.2 Å². The maximum Gasteiger partial charge on any atom is 0.321 e. The summed E-state index contributed by atoms with van der Waals surface area (Å²) in [6.07, 6.45) is -6.84. The minimum atomic E-state index is -1.79. The van der Waals surface area contributed by atoms with E-state index < -0.39 is 43.0 Å². The van der Waals surface area contributed by atoms with Crippen molar-refractivity contribution in [2.75, 3.05) is 12.4 Å². The minimum absolute atomic E-state index is 0. The molecule has 11 heteroatoms. The van der Waals surface area contributed by atoms with Crippen LogP contribution >= 0.6 is 25.0 Å². The van der Waals surface area contributed by atoms with Gasteiger partial charge in [0.05, 0.1) is 6.61 Å². The SMILES string of the molecule is Cl.NC(CS)C(=O)O.O=CC(O)C(O)C(O)C(O)CO. The van der Waals surface area contributed by atoms with E-state index in [1.165, 1.54) is 0 Å². The second-order valence-corrected chi connectivity index (χ2v) is 3.85. The van der Waals surface area contributed by atoms with Gasteiger partial charge in [-0.05, 0) is 0 Å². The molecule has 0 amide bonds. The van der Waals surface area contributed by atoms with Crippen molar-refractivity contribution in [3.63, 3.8) is 0 Å². The molecule has 0 bridgehead atoms. The van der Waals surface area contributed by atoms with Crippen molar-refractivity contribution in [3.05, 3.63) is 0 Å². The van der Waals surface area contributed by atoms with Gasteiger partial charge in [0.25, 0.3) is 0 Å². The number of carbonyl (C=O) groups is 2. The van der Waals surface area contributed by atoms with Crippen LogP contribution in [0, 0.1) is 0 Å². The number of aliphatic hydroxyl groups is 5. The van der Waals surface area contributed by atoms with E-state index in [0.29, 0.717) is 0 Å². The second kappa shape index (κ2) is 13.5. The van der Waals surface area contributed by atoms with Crippen molar-refractivity contribution in [2.45, 2.75) is 30.5 Å². The quantitative estimate of drug-likeness (QED) is 0.172. The summed E-state index contributed by atoms with van der Waals surface area (Å²) in [6.45, 7) is -0.760. The van der Waals surface area contributed by atoms with Crippen LogP contribution < -0.4 is 5.73 Å². The number of aldehydes is 1. The van der Waals surface area contributed by atoms with Crippen molar-refractivity contribution >= 4 is 37.3 Å². The minimum Gasteiger partial charge on any atom is -0.480 e. The lowest BCUT2D eigenvalue weighted by Crippen LogP contribution is -2.46. The highest BCUT2D eigenvalue weighted by atomic mass is 35.5. The molecule has 5 unspecified atom stereocenters. The summed E-state index contributed by atoms with van der Waals surface area (Å²) in [5.41, 5.74) is 4.94. The van der Waals surface area contributed by atoms with Gasteiger partial charge in [-0.1, -0.05) is 0 Å². The van der Waals surface area contributed by atoms with Crippen molar-refractivity contribution in [2.24, 2.45) is 5.73 Å². The van der Waals surface area contributed by atoms with E-state index in [2.05, 4.69) is 12.6 Å². The van der Waals surface area contributed by atoms with Gasteiger partial charge in [0, 0.05) is 5.75 Å². The molecule has 0 aliphatic heterocycles. The molecular formula is C9H20ClNO8S. The number of carbonyl (C=O) groups excluding carboxylic acids is 1. The molecule has 0 saturated heterocycles. The first-order chi connectivity index (χ1) is 8.72. The molecule has 0 aromatic carbocycles. The Hall–Kier alpha value is -0.460. The van der Waals surface area contributed by atoms with Crippen LogP contribution in [-0.2, 0) is 9.59 Å². The van der Waals surface area contributed by atoms with Crippen LogP contribution in [0.1, 0.15) is 0 Å². The van der Waals surface area contributed by atoms with E-state index in [0.717, 1.165) is 0 Å². The highest BCUT2D eigenvalue weighted by Crippen LogP contribution is 2.02. The average molecular weight is 338 g/mol. The Kier molecular flexibility index (Phi) is 16.6. The Morgan fingerprint density at radius 3 is 1.85 bits per heavy atom. The summed E-state index contributed by atoms with van der Waals surface area (Å²) in [7, 11) is 0. The maximum absolute atomic E-state index is 9.90. The Morgan fingerprint density at radius 1 is 1.20 bits per heavy atom. The van der Waals surface area contributed by atoms with E-state index >= 15 is 0 Å². The normalized spacial score (nSPS) is 17.4. The van der Waals surface area contributed by atoms with E-state index in [1.807, 2.05) is 0 Å². The van der Waals surface area contributed by atoms with Gasteiger partial charge in [0.1, 0.15) is 30.5 Å². The number of carboxylic acid groups (broad SMARTS) is 1. The van der Waals surface area contributed by atoms with Crippen LogP contribution in [0.4, 0.5) is 0 Å². The number of rotatable bonds is 7. The molecule has 0 radical (unpaired) electrons. The van der Waals surface area contributed by atoms with Crippen LogP contribution in [0.15, 0.2) is 0 Å². The van der Waals surface area contributed by atoms with Gasteiger partial charge >= 0.3 is 5.97 Å². The second-order valence-electron chi connectivity index (χ2n) is 3.49. The number of halogens is 1. The largest absolute Gasteiger partial charge is 0.480 e. The predicted molar refractivity (Wildman–Crippen MR) is 73.9 cm³/mol. The van der Waals surface area contributed by atoms with Crippen LogP contribution in [0.5, 0.6) is 0 Å². The zero-order chi connectivity index (χ0) is 15.6. The number of thiol groups is 1. The maximum atomic E-state index is 9.90. The van der Waals surface area contributed by atoms with Gasteiger partial charge < -0.3 is 41.2 Å². The Morgan fingerprint density at radius 2 is 1.65 bits per heavy atom. The molecule has 9 nitrogen and oxygen atoms in total. The fraction of sp³-hybridized carbons (Fsp3) is 0.778. The van der Waals surface area contributed by atoms with E-state index in [4.69, 9.17) is 36.4 Å². The molecule has 5 atom stereocenters. The first-order valence-corrected chi connectivity index (χ1v) is 5.73. The highest BCUT2D eigenvalue weighted by Gasteiger charge is 2.29. The number of hydrogen-bond acceptors (Lipinski definition) is 9. The van der Waals surface area contributed by atoms with Crippen LogP contribution in [0.2, 0.25) is 0 Å². The van der Waals surface area contributed by atoms with Gasteiger partial charge in [0.2, 0.25) is 0 Å². The molecular weight excluding hydrogens is 318 g/mol. The summed E-state index contributed by atoms with van der Waals surface area (Å²) in [5.74, 6) is -0.815. The molecule has 8 N–H and O–H groups in total. The van der Waals surface area contributed by atoms with Gasteiger partial charge in [-0.15, -0.1) is 12.4 Å². The number of aliphatic hydroxyl groups excluding tert-OH is 5. The molecule has 0 saturated carbocycles. The van der Waals surface area contributed by atoms with Crippen LogP contribution in [0.3, 0.4) is 0 Å². The lowest BCUT2D eigenvalue weighted by Gasteiger charge is -2.22. The van der Waals surface area contributed by atoms with Gasteiger partial charge in [-0.25, -0.2) is 0 Å². The molecule has 20 heavy (non-hydrogen) atoms. The molecule has 0 heterocycles. The first-order valence-electron chi connectivity index (χ1n) is 5.10. The fourth-order valence-electron chi connectivity index (χ4n) is 0.696. The zero-order valence-corrected chi connectivity index (χ0v) is 12.0. The predicted octanol–water partition coefficient (Wildman–Crippen LogP) is -3.63. The first kappa shape index (κ1) is 24.6. The summed E-state index contributed by atoms with van der Waals surface area (Å²) in [5, 5.41) is 51.5. The van der Waals surface area contributed by atoms with Crippen LogP contribution in [-0.4, -0.2) is 85.7 Å². The molecule has 0 rings (SSSR count). The Bertz CT molecular complexity index is 272. The average Bonchev–Trinajstić information content (AvgIpc) is 2.43. The standard InChI is InChI=1S/C6H12O6.C3H7NO2S.ClH/c7-1-3(9)5(11)6(12)4(10)2-8;4-2(1-7)3(5)6;/h1,3-6,8-12H,2H2;2,7H,1,4H2,(H,5,6);1H. The molecule has 0 aliphatic rings. The fourth-order valence-corrected chi connectivity index (χ4v) is 0.852. The number of carboxylic acids is 1. The van der Waals surface area contributed by atoms with E-state index in [9.17, 15) is 9.59 Å². The third-order valence-corrected chi connectivity index (χ3v) is 2.33. The molecule has 0 aromatic rings. The summed E-state index contributed by atoms with van der Waals surface area (Å²) < 4.78 is 0. The van der Waals surface area contributed by atoms with Crippen LogP contribution in [0.25, 0.3) is 0 Å². The summed E-state index contributed by atoms with van der Waals surface area (Å²) in [6, 6.07) is -0.816. The lowest BCUT2D eigenvalue weighted by molar-refractivity contribution is -0.138. The summed E-state index contributed by atoms with van der Waals surface area (Å²) >= 11 is 3.65. The number of aliphatic carboxylic acids is 1.